The largest absolute Gasteiger partial charge is 0.493 e. The van der Waals surface area contributed by atoms with Crippen LogP contribution in [-0.2, 0) is 18.4 Å². The molecular formula is C21H20N4O3. The van der Waals surface area contributed by atoms with Crippen LogP contribution in [0.5, 0.6) is 11.5 Å². The predicted molar refractivity (Wildman–Crippen MR) is 106 cm³/mol. The fourth-order valence-electron chi connectivity index (χ4n) is 2.77. The van der Waals surface area contributed by atoms with Crippen LogP contribution in [0.15, 0.2) is 48.5 Å². The van der Waals surface area contributed by atoms with Crippen molar-refractivity contribution in [3.05, 3.63) is 59.9 Å². The van der Waals surface area contributed by atoms with Gasteiger partial charge in [0.25, 0.3) is 0 Å². The Bertz CT molecular complexity index is 1060. The summed E-state index contributed by atoms with van der Waals surface area (Å²) in [7, 11) is 3.44. The Morgan fingerprint density at radius 2 is 2.11 bits per heavy atom. The van der Waals surface area contributed by atoms with Gasteiger partial charge < -0.3 is 19.4 Å². The van der Waals surface area contributed by atoms with Crippen molar-refractivity contribution in [3.8, 4) is 17.6 Å². The summed E-state index contributed by atoms with van der Waals surface area (Å²) < 4.78 is 12.5. The van der Waals surface area contributed by atoms with Gasteiger partial charge in [-0.3, -0.25) is 4.79 Å². The number of imidazole rings is 1. The molecule has 142 valence electrons. The van der Waals surface area contributed by atoms with E-state index in [2.05, 4.69) is 10.3 Å². The van der Waals surface area contributed by atoms with Crippen LogP contribution >= 0.6 is 0 Å². The van der Waals surface area contributed by atoms with Gasteiger partial charge in [0.05, 0.1) is 24.7 Å². The zero-order chi connectivity index (χ0) is 19.9. The molecule has 0 aliphatic carbocycles. The number of nitrogens with one attached hydrogen (secondary N) is 1. The van der Waals surface area contributed by atoms with Crippen LogP contribution in [0.1, 0.15) is 11.4 Å². The molecule has 1 N–H and O–H groups in total. The molecule has 0 spiro atoms. The standard InChI is InChI=1S/C21H20N4O3/c1-25-17-6-4-3-5-16(17)24-20(25)14-23-21(26)10-8-15-7-9-18(28-12-11-22)19(13-15)27-2/h3-10,13H,12,14H2,1-2H3,(H,23,26)/b10-8+. The highest BCUT2D eigenvalue weighted by atomic mass is 16.5. The van der Waals surface area contributed by atoms with Gasteiger partial charge in [0.2, 0.25) is 5.91 Å². The lowest BCUT2D eigenvalue weighted by molar-refractivity contribution is -0.116. The second-order valence-electron chi connectivity index (χ2n) is 5.98. The maximum atomic E-state index is 12.2. The summed E-state index contributed by atoms with van der Waals surface area (Å²) in [6, 6.07) is 15.0. The van der Waals surface area contributed by atoms with Crippen LogP contribution in [-0.4, -0.2) is 29.2 Å². The van der Waals surface area contributed by atoms with E-state index in [1.165, 1.54) is 13.2 Å². The number of hydrogen-bond acceptors (Lipinski definition) is 5. The number of methoxy groups -OCH3 is 1. The molecule has 0 atom stereocenters. The average Bonchev–Trinajstić information content (AvgIpc) is 3.05. The van der Waals surface area contributed by atoms with Crippen molar-refractivity contribution in [2.45, 2.75) is 6.54 Å². The van der Waals surface area contributed by atoms with Crippen LogP contribution in [0, 0.1) is 11.3 Å². The molecule has 0 aliphatic rings. The summed E-state index contributed by atoms with van der Waals surface area (Å²) in [4.78, 5) is 16.7. The molecule has 7 heteroatoms. The molecule has 0 aliphatic heterocycles. The molecule has 3 rings (SSSR count). The van der Waals surface area contributed by atoms with Gasteiger partial charge in [-0.2, -0.15) is 5.26 Å². The number of rotatable bonds is 7. The highest BCUT2D eigenvalue weighted by Crippen LogP contribution is 2.28. The van der Waals surface area contributed by atoms with Crippen molar-refractivity contribution in [1.29, 1.82) is 5.26 Å². The molecule has 0 radical (unpaired) electrons. The molecule has 1 heterocycles. The molecule has 2 aromatic carbocycles. The zero-order valence-electron chi connectivity index (χ0n) is 15.7. The maximum absolute atomic E-state index is 12.2. The van der Waals surface area contributed by atoms with Crippen molar-refractivity contribution in [3.63, 3.8) is 0 Å². The quantitative estimate of drug-likeness (QED) is 0.641. The van der Waals surface area contributed by atoms with Crippen molar-refractivity contribution in [1.82, 2.24) is 14.9 Å². The first kappa shape index (κ1) is 19.0. The number of amides is 1. The van der Waals surface area contributed by atoms with Gasteiger partial charge in [-0.05, 0) is 35.9 Å². The number of aromatic nitrogens is 2. The summed E-state index contributed by atoms with van der Waals surface area (Å²) in [5.74, 6) is 1.53. The molecule has 7 nitrogen and oxygen atoms in total. The van der Waals surface area contributed by atoms with Crippen LogP contribution in [0.2, 0.25) is 0 Å². The van der Waals surface area contributed by atoms with Crippen LogP contribution in [0.25, 0.3) is 17.1 Å². The number of nitrogens with zero attached hydrogens (tertiary/aromatic N) is 3. The van der Waals surface area contributed by atoms with Crippen molar-refractivity contribution < 1.29 is 14.3 Å². The number of fused-ring (bicyclic) bond motifs is 1. The topological polar surface area (TPSA) is 89.2 Å². The molecule has 0 saturated carbocycles. The minimum absolute atomic E-state index is 0.0594. The lowest BCUT2D eigenvalue weighted by Gasteiger charge is -2.08. The molecular weight excluding hydrogens is 356 g/mol. The van der Waals surface area contributed by atoms with E-state index in [0.29, 0.717) is 18.0 Å². The van der Waals surface area contributed by atoms with Crippen LogP contribution < -0.4 is 14.8 Å². The van der Waals surface area contributed by atoms with Gasteiger partial charge in [-0.15, -0.1) is 0 Å². The van der Waals surface area contributed by atoms with Gasteiger partial charge in [0, 0.05) is 13.1 Å². The number of carbonyl (C=O) groups is 1. The summed E-state index contributed by atoms with van der Waals surface area (Å²) in [5.41, 5.74) is 2.70. The second kappa shape index (κ2) is 8.73. The summed E-state index contributed by atoms with van der Waals surface area (Å²) in [6.45, 7) is 0.273. The Kier molecular flexibility index (Phi) is 5.92. The number of ether oxygens (including phenoxy) is 2. The predicted octanol–water partition coefficient (Wildman–Crippen LogP) is 2.81. The average molecular weight is 376 g/mol. The van der Waals surface area contributed by atoms with Crippen LogP contribution in [0.3, 0.4) is 0 Å². The third-order valence-corrected chi connectivity index (χ3v) is 4.21. The van der Waals surface area contributed by atoms with Gasteiger partial charge in [0.1, 0.15) is 11.9 Å². The van der Waals surface area contributed by atoms with Gasteiger partial charge in [0.15, 0.2) is 18.1 Å². The number of carbonyl (C=O) groups excluding carboxylic acids is 1. The Morgan fingerprint density at radius 1 is 1.29 bits per heavy atom. The summed E-state index contributed by atoms with van der Waals surface area (Å²) >= 11 is 0. The Labute approximate surface area is 162 Å². The van der Waals surface area contributed by atoms with E-state index in [4.69, 9.17) is 14.7 Å². The highest BCUT2D eigenvalue weighted by Gasteiger charge is 2.08. The molecule has 3 aromatic rings. The number of hydrogen-bond donors (Lipinski definition) is 1. The van der Waals surface area contributed by atoms with E-state index < -0.39 is 0 Å². The van der Waals surface area contributed by atoms with Crippen molar-refractivity contribution in [2.75, 3.05) is 13.7 Å². The maximum Gasteiger partial charge on any atom is 0.244 e. The number of nitriles is 1. The monoisotopic (exact) mass is 376 g/mol. The third-order valence-electron chi connectivity index (χ3n) is 4.21. The Balaban J connectivity index is 1.63. The molecule has 28 heavy (non-hydrogen) atoms. The van der Waals surface area contributed by atoms with E-state index in [9.17, 15) is 4.79 Å². The molecule has 0 fully saturated rings. The Morgan fingerprint density at radius 3 is 2.86 bits per heavy atom. The minimum atomic E-state index is -0.226. The van der Waals surface area contributed by atoms with Crippen molar-refractivity contribution in [2.24, 2.45) is 7.05 Å². The normalized spacial score (nSPS) is 10.8. The van der Waals surface area contributed by atoms with Gasteiger partial charge >= 0.3 is 0 Å². The smallest absolute Gasteiger partial charge is 0.244 e. The second-order valence-corrected chi connectivity index (χ2v) is 5.98. The van der Waals surface area contributed by atoms with E-state index >= 15 is 0 Å². The Hall–Kier alpha value is -3.79. The summed E-state index contributed by atoms with van der Waals surface area (Å²) in [6.07, 6.45) is 3.13. The molecule has 1 amide bonds. The lowest BCUT2D eigenvalue weighted by atomic mass is 10.2. The molecule has 1 aromatic heterocycles. The molecule has 0 unspecified atom stereocenters. The van der Waals surface area contributed by atoms with Crippen molar-refractivity contribution >= 4 is 23.0 Å². The zero-order valence-corrected chi connectivity index (χ0v) is 15.7. The van der Waals surface area contributed by atoms with Gasteiger partial charge in [-0.25, -0.2) is 4.98 Å². The highest BCUT2D eigenvalue weighted by molar-refractivity contribution is 5.91. The van der Waals surface area contributed by atoms with Gasteiger partial charge in [-0.1, -0.05) is 18.2 Å². The van der Waals surface area contributed by atoms with E-state index in [1.54, 1.807) is 24.3 Å². The lowest BCUT2D eigenvalue weighted by Crippen LogP contribution is -2.22. The summed E-state index contributed by atoms with van der Waals surface area (Å²) in [5, 5.41) is 11.4. The first-order chi connectivity index (χ1) is 13.6. The van der Waals surface area contributed by atoms with Crippen LogP contribution in [0.4, 0.5) is 0 Å². The fraction of sp³-hybridized carbons (Fsp3) is 0.190. The fourth-order valence-corrected chi connectivity index (χ4v) is 2.77. The SMILES string of the molecule is COc1cc(/C=C/C(=O)NCc2nc3ccccc3n2C)ccc1OCC#N. The number of benzene rings is 2. The molecule has 0 saturated heterocycles. The first-order valence-corrected chi connectivity index (χ1v) is 8.66. The van der Waals surface area contributed by atoms with E-state index in [1.807, 2.05) is 41.9 Å². The van der Waals surface area contributed by atoms with E-state index in [0.717, 1.165) is 22.4 Å². The number of aryl methyl sites for hydroxylation is 1. The first-order valence-electron chi connectivity index (χ1n) is 8.66. The molecule has 0 bridgehead atoms. The third kappa shape index (κ3) is 4.30. The van der Waals surface area contributed by atoms with E-state index in [-0.39, 0.29) is 12.5 Å². The minimum Gasteiger partial charge on any atom is -0.493 e. The number of para-hydroxylation sites is 2.